The summed E-state index contributed by atoms with van der Waals surface area (Å²) in [6.07, 6.45) is 1.72. The van der Waals surface area contributed by atoms with Gasteiger partial charge in [-0.25, -0.2) is 8.42 Å². The molecular weight excluding hydrogens is 410 g/mol. The van der Waals surface area contributed by atoms with E-state index in [9.17, 15) is 13.2 Å². The van der Waals surface area contributed by atoms with E-state index in [-0.39, 0.29) is 17.6 Å². The Morgan fingerprint density at radius 3 is 2.39 bits per heavy atom. The zero-order valence-corrected chi connectivity index (χ0v) is 19.1. The predicted molar refractivity (Wildman–Crippen MR) is 122 cm³/mol. The molecule has 0 radical (unpaired) electrons. The number of nitriles is 1. The Morgan fingerprint density at radius 2 is 1.81 bits per heavy atom. The standard InChI is InChI=1S/C24H29N3O3S/c1-17(2)16-31(29,30)26-22-9-4-18(3)23(14-22)24(28)27-12-10-21(11-13-27)20-7-5-19(15-25)6-8-20/h4-9,14,17,21,26H,10-13,16H2,1-3H3. The number of benzene rings is 2. The van der Waals surface area contributed by atoms with Crippen LogP contribution in [0.5, 0.6) is 0 Å². The van der Waals surface area contributed by atoms with Gasteiger partial charge in [0.05, 0.1) is 17.4 Å². The van der Waals surface area contributed by atoms with Gasteiger partial charge >= 0.3 is 0 Å². The van der Waals surface area contributed by atoms with Crippen LogP contribution in [-0.4, -0.2) is 38.1 Å². The first kappa shape index (κ1) is 22.8. The first-order valence-electron chi connectivity index (χ1n) is 10.6. The first-order chi connectivity index (χ1) is 14.7. The van der Waals surface area contributed by atoms with Crippen LogP contribution in [0.25, 0.3) is 0 Å². The van der Waals surface area contributed by atoms with Gasteiger partial charge in [-0.05, 0) is 67.0 Å². The molecule has 1 saturated heterocycles. The molecule has 0 aromatic heterocycles. The van der Waals surface area contributed by atoms with Crippen molar-refractivity contribution in [1.29, 1.82) is 5.26 Å². The maximum atomic E-state index is 13.2. The SMILES string of the molecule is Cc1ccc(NS(=O)(=O)CC(C)C)cc1C(=O)N1CCC(c2ccc(C#N)cc2)CC1. The molecule has 2 aromatic carbocycles. The van der Waals surface area contributed by atoms with Gasteiger partial charge in [0.2, 0.25) is 10.0 Å². The number of carbonyl (C=O) groups is 1. The number of nitrogens with one attached hydrogen (secondary N) is 1. The zero-order valence-electron chi connectivity index (χ0n) is 18.3. The van der Waals surface area contributed by atoms with E-state index in [4.69, 9.17) is 5.26 Å². The number of amides is 1. The van der Waals surface area contributed by atoms with Crippen molar-refractivity contribution in [2.75, 3.05) is 23.6 Å². The first-order valence-corrected chi connectivity index (χ1v) is 12.2. The topological polar surface area (TPSA) is 90.3 Å². The number of likely N-dealkylation sites (tertiary alicyclic amines) is 1. The average molecular weight is 440 g/mol. The van der Waals surface area contributed by atoms with E-state index >= 15 is 0 Å². The molecule has 164 valence electrons. The lowest BCUT2D eigenvalue weighted by molar-refractivity contribution is 0.0712. The molecule has 31 heavy (non-hydrogen) atoms. The van der Waals surface area contributed by atoms with E-state index < -0.39 is 10.0 Å². The van der Waals surface area contributed by atoms with Crippen LogP contribution in [0.4, 0.5) is 5.69 Å². The third-order valence-electron chi connectivity index (χ3n) is 5.59. The van der Waals surface area contributed by atoms with E-state index in [1.54, 1.807) is 18.2 Å². The predicted octanol–water partition coefficient (Wildman–Crippen LogP) is 4.28. The van der Waals surface area contributed by atoms with Gasteiger partial charge in [0.15, 0.2) is 0 Å². The number of rotatable bonds is 6. The second kappa shape index (κ2) is 9.52. The fourth-order valence-electron chi connectivity index (χ4n) is 3.99. The molecule has 1 heterocycles. The van der Waals surface area contributed by atoms with Crippen molar-refractivity contribution in [3.8, 4) is 6.07 Å². The van der Waals surface area contributed by atoms with E-state index in [2.05, 4.69) is 10.8 Å². The molecule has 0 aliphatic carbocycles. The molecule has 3 rings (SSSR count). The van der Waals surface area contributed by atoms with E-state index in [0.717, 1.165) is 18.4 Å². The number of carbonyl (C=O) groups excluding carboxylic acids is 1. The van der Waals surface area contributed by atoms with Gasteiger partial charge in [0.1, 0.15) is 0 Å². The van der Waals surface area contributed by atoms with E-state index in [1.165, 1.54) is 5.56 Å². The van der Waals surface area contributed by atoms with Crippen molar-refractivity contribution in [2.24, 2.45) is 5.92 Å². The number of piperidine rings is 1. The number of nitrogens with zero attached hydrogens (tertiary/aromatic N) is 2. The summed E-state index contributed by atoms with van der Waals surface area (Å²) in [5.41, 5.74) is 3.62. The fraction of sp³-hybridized carbons (Fsp3) is 0.417. The van der Waals surface area contributed by atoms with Crippen molar-refractivity contribution in [1.82, 2.24) is 4.90 Å². The summed E-state index contributed by atoms with van der Waals surface area (Å²) < 4.78 is 27.1. The Balaban J connectivity index is 1.68. The lowest BCUT2D eigenvalue weighted by Gasteiger charge is -2.32. The molecular formula is C24H29N3O3S. The van der Waals surface area contributed by atoms with Crippen LogP contribution >= 0.6 is 0 Å². The van der Waals surface area contributed by atoms with Crippen LogP contribution in [0.3, 0.4) is 0 Å². The maximum Gasteiger partial charge on any atom is 0.254 e. The molecule has 0 atom stereocenters. The third-order valence-corrected chi connectivity index (χ3v) is 7.24. The number of hydrogen-bond donors (Lipinski definition) is 1. The molecule has 7 heteroatoms. The number of hydrogen-bond acceptors (Lipinski definition) is 4. The number of aryl methyl sites for hydroxylation is 1. The van der Waals surface area contributed by atoms with Crippen LogP contribution < -0.4 is 4.72 Å². The van der Waals surface area contributed by atoms with Gasteiger partial charge in [0, 0.05) is 24.3 Å². The Hall–Kier alpha value is -2.85. The molecule has 0 bridgehead atoms. The molecule has 0 spiro atoms. The van der Waals surface area contributed by atoms with Crippen molar-refractivity contribution in [3.05, 3.63) is 64.7 Å². The van der Waals surface area contributed by atoms with Gasteiger partial charge in [-0.15, -0.1) is 0 Å². The quantitative estimate of drug-likeness (QED) is 0.727. The Kier molecular flexibility index (Phi) is 7.01. The van der Waals surface area contributed by atoms with Gasteiger partial charge < -0.3 is 4.90 Å². The van der Waals surface area contributed by atoms with Gasteiger partial charge in [-0.3, -0.25) is 9.52 Å². The largest absolute Gasteiger partial charge is 0.339 e. The summed E-state index contributed by atoms with van der Waals surface area (Å²) in [6, 6.07) is 14.9. The van der Waals surface area contributed by atoms with Crippen molar-refractivity contribution in [3.63, 3.8) is 0 Å². The van der Waals surface area contributed by atoms with Crippen molar-refractivity contribution in [2.45, 2.75) is 39.5 Å². The second-order valence-electron chi connectivity index (χ2n) is 8.61. The second-order valence-corrected chi connectivity index (χ2v) is 10.4. The van der Waals surface area contributed by atoms with Crippen LogP contribution in [0, 0.1) is 24.2 Å². The van der Waals surface area contributed by atoms with Crippen LogP contribution in [-0.2, 0) is 10.0 Å². The van der Waals surface area contributed by atoms with Crippen LogP contribution in [0.1, 0.15) is 59.7 Å². The lowest BCUT2D eigenvalue weighted by Crippen LogP contribution is -2.38. The van der Waals surface area contributed by atoms with Gasteiger partial charge in [-0.1, -0.05) is 32.0 Å². The third kappa shape index (κ3) is 5.86. The summed E-state index contributed by atoms with van der Waals surface area (Å²) in [6.45, 7) is 6.86. The van der Waals surface area contributed by atoms with Gasteiger partial charge in [0.25, 0.3) is 5.91 Å². The molecule has 1 aliphatic heterocycles. The summed E-state index contributed by atoms with van der Waals surface area (Å²) in [7, 11) is -3.45. The highest BCUT2D eigenvalue weighted by Gasteiger charge is 2.26. The Bertz CT molecular complexity index is 1080. The highest BCUT2D eigenvalue weighted by Crippen LogP contribution is 2.29. The van der Waals surface area contributed by atoms with Crippen molar-refractivity contribution >= 4 is 21.6 Å². The summed E-state index contributed by atoms with van der Waals surface area (Å²) in [4.78, 5) is 15.0. The Labute approximate surface area is 184 Å². The lowest BCUT2D eigenvalue weighted by atomic mass is 9.88. The Morgan fingerprint density at radius 1 is 1.16 bits per heavy atom. The highest BCUT2D eigenvalue weighted by molar-refractivity contribution is 7.92. The molecule has 1 amide bonds. The molecule has 1 N–H and O–H groups in total. The van der Waals surface area contributed by atoms with Crippen LogP contribution in [0.15, 0.2) is 42.5 Å². The summed E-state index contributed by atoms with van der Waals surface area (Å²) in [5.74, 6) is 0.349. The minimum absolute atomic E-state index is 0.0152. The molecule has 0 saturated carbocycles. The summed E-state index contributed by atoms with van der Waals surface area (Å²) >= 11 is 0. The summed E-state index contributed by atoms with van der Waals surface area (Å²) in [5, 5.41) is 8.95. The van der Waals surface area contributed by atoms with Crippen molar-refractivity contribution < 1.29 is 13.2 Å². The van der Waals surface area contributed by atoms with E-state index in [0.29, 0.717) is 35.8 Å². The molecule has 6 nitrogen and oxygen atoms in total. The number of anilines is 1. The molecule has 1 aliphatic rings. The van der Waals surface area contributed by atoms with Gasteiger partial charge in [-0.2, -0.15) is 5.26 Å². The fourth-order valence-corrected chi connectivity index (χ4v) is 5.44. The smallest absolute Gasteiger partial charge is 0.254 e. The molecule has 0 unspecified atom stereocenters. The van der Waals surface area contributed by atoms with Crippen LogP contribution in [0.2, 0.25) is 0 Å². The minimum atomic E-state index is -3.45. The minimum Gasteiger partial charge on any atom is -0.339 e. The maximum absolute atomic E-state index is 13.2. The highest BCUT2D eigenvalue weighted by atomic mass is 32.2. The molecule has 2 aromatic rings. The zero-order chi connectivity index (χ0) is 22.6. The normalized spacial score (nSPS) is 15.0. The van der Waals surface area contributed by atoms with E-state index in [1.807, 2.05) is 49.9 Å². The average Bonchev–Trinajstić information content (AvgIpc) is 2.73. The number of sulfonamides is 1. The monoisotopic (exact) mass is 439 g/mol. The molecule has 1 fully saturated rings.